The largest absolute Gasteiger partial charge is 0.477 e. The number of aromatic nitrogens is 6. The summed E-state index contributed by atoms with van der Waals surface area (Å²) in [4.78, 5) is 93.5. The van der Waals surface area contributed by atoms with E-state index in [1.807, 2.05) is 71.5 Å². The van der Waals surface area contributed by atoms with E-state index in [0.29, 0.717) is 65.7 Å². The molecule has 4 aromatic heterocycles. The van der Waals surface area contributed by atoms with Gasteiger partial charge >= 0.3 is 24.1 Å². The molecule has 6 aromatic rings. The summed E-state index contributed by atoms with van der Waals surface area (Å²) in [6.45, 7) is 17.2. The quantitative estimate of drug-likeness (QED) is 0.0608. The number of H-pyrrole nitrogens is 2. The molecule has 0 radical (unpaired) electrons. The first kappa shape index (κ1) is 53.7. The molecule has 20 nitrogen and oxygen atoms in total. The van der Waals surface area contributed by atoms with Gasteiger partial charge in [0.1, 0.15) is 33.6 Å². The molecular formula is C51H62Cl2N10O10. The van der Waals surface area contributed by atoms with Crippen LogP contribution >= 0.6 is 23.2 Å². The summed E-state index contributed by atoms with van der Waals surface area (Å²) < 4.78 is 19.6. The average molecular weight is 1050 g/mol. The molecule has 22 heteroatoms. The van der Waals surface area contributed by atoms with Crippen molar-refractivity contribution in [2.45, 2.75) is 124 Å². The van der Waals surface area contributed by atoms with Crippen LogP contribution in [0.5, 0.6) is 0 Å². The zero-order valence-corrected chi connectivity index (χ0v) is 43.6. The number of hydrogen-bond donors (Lipinski definition) is 5. The predicted octanol–water partition coefficient (Wildman–Crippen LogP) is 8.10. The van der Waals surface area contributed by atoms with Gasteiger partial charge in [-0.15, -0.1) is 0 Å². The number of alkyl carbamates (subject to hydrolysis) is 2. The number of hydrogen-bond acceptors (Lipinski definition) is 13. The zero-order valence-electron chi connectivity index (χ0n) is 42.1. The number of benzene rings is 2. The van der Waals surface area contributed by atoms with Crippen LogP contribution in [0.1, 0.15) is 113 Å². The molecule has 2 saturated heterocycles. The van der Waals surface area contributed by atoms with Gasteiger partial charge in [-0.1, -0.05) is 59.6 Å². The van der Waals surface area contributed by atoms with E-state index in [4.69, 9.17) is 42.4 Å². The second-order valence-electron chi connectivity index (χ2n) is 20.3. The van der Waals surface area contributed by atoms with E-state index in [9.17, 15) is 33.9 Å². The van der Waals surface area contributed by atoms with E-state index < -0.39 is 46.4 Å². The number of esters is 1. The highest BCUT2D eigenvalue weighted by Crippen LogP contribution is 2.30. The predicted molar refractivity (Wildman–Crippen MR) is 279 cm³/mol. The number of amides is 2. The Morgan fingerprint density at radius 2 is 1.11 bits per heavy atom. The number of nitrogens with zero attached hydrogens (tertiary/aromatic N) is 6. The van der Waals surface area contributed by atoms with Crippen LogP contribution in [-0.4, -0.2) is 114 Å². The van der Waals surface area contributed by atoms with Crippen LogP contribution in [0.2, 0.25) is 10.0 Å². The molecule has 5 N–H and O–H groups in total. The maximum Gasteiger partial charge on any atom is 0.407 e. The molecular weight excluding hydrogens is 984 g/mol. The number of piperidine rings is 2. The molecule has 73 heavy (non-hydrogen) atoms. The zero-order chi connectivity index (χ0) is 52.9. The Hall–Kier alpha value is -7.06. The van der Waals surface area contributed by atoms with E-state index in [0.717, 1.165) is 36.8 Å². The topological polar surface area (TPSA) is 248 Å². The molecule has 2 atom stereocenters. The Labute approximate surface area is 431 Å². The van der Waals surface area contributed by atoms with Gasteiger partial charge < -0.3 is 58.9 Å². The van der Waals surface area contributed by atoms with Crippen LogP contribution in [0.3, 0.4) is 0 Å². The monoisotopic (exact) mass is 1040 g/mol. The van der Waals surface area contributed by atoms with E-state index >= 15 is 0 Å². The van der Waals surface area contributed by atoms with Gasteiger partial charge in [-0.2, -0.15) is 0 Å². The highest BCUT2D eigenvalue weighted by molar-refractivity contribution is 6.31. The molecule has 0 saturated carbocycles. The maximum atomic E-state index is 13.3. The summed E-state index contributed by atoms with van der Waals surface area (Å²) in [5, 5.41) is 16.4. The van der Waals surface area contributed by atoms with Crippen molar-refractivity contribution in [3.8, 4) is 0 Å². The van der Waals surface area contributed by atoms with Crippen LogP contribution < -0.4 is 31.6 Å². The number of carboxylic acid groups (broad SMARTS) is 1. The Balaban J connectivity index is 0.000000214. The maximum absolute atomic E-state index is 13.3. The van der Waals surface area contributed by atoms with Crippen molar-refractivity contribution in [3.63, 3.8) is 0 Å². The molecule has 0 unspecified atom stereocenters. The minimum Gasteiger partial charge on any atom is -0.477 e. The Kier molecular flexibility index (Phi) is 16.5. The van der Waals surface area contributed by atoms with E-state index in [1.165, 1.54) is 12.1 Å². The van der Waals surface area contributed by atoms with Crippen LogP contribution in [0.25, 0.3) is 22.1 Å². The highest BCUT2D eigenvalue weighted by atomic mass is 35.5. The van der Waals surface area contributed by atoms with Gasteiger partial charge in [-0.3, -0.25) is 9.59 Å². The average Bonchev–Trinajstić information content (AvgIpc) is 3.85. The van der Waals surface area contributed by atoms with Crippen molar-refractivity contribution in [1.82, 2.24) is 39.7 Å². The summed E-state index contributed by atoms with van der Waals surface area (Å²) in [7, 11) is 0. The van der Waals surface area contributed by atoms with E-state index in [1.54, 1.807) is 51.3 Å². The molecule has 2 aliphatic rings. The number of anilines is 2. The lowest BCUT2D eigenvalue weighted by Gasteiger charge is -2.34. The SMILES string of the molecule is CC(C)(C)OC(=O)N[C@@H]1CCCN(c2nc3cc(C(=O)O)[nH]c(=O)c3n2Cc2ccccc2Cl)C1.CC(C)OC(=O)c1cc2nc(N3CCC[C@@H](NC(=O)OC(C)(C)C)C3)n(Cc3ccccc3Cl)c2c(=O)[nH]1. The van der Waals surface area contributed by atoms with Gasteiger partial charge in [0, 0.05) is 48.3 Å². The number of rotatable bonds is 11. The molecule has 6 heterocycles. The normalized spacial score (nSPS) is 16.2. The fraction of sp³-hybridized carbons (Fsp3) is 0.451. The number of pyridine rings is 2. The van der Waals surface area contributed by atoms with Crippen LogP contribution in [-0.2, 0) is 27.3 Å². The third-order valence-corrected chi connectivity index (χ3v) is 12.4. The summed E-state index contributed by atoms with van der Waals surface area (Å²) in [5.74, 6) is -0.814. The summed E-state index contributed by atoms with van der Waals surface area (Å²) in [6.07, 6.45) is 1.84. The first-order valence-electron chi connectivity index (χ1n) is 24.1. The number of aromatic amines is 2. The molecule has 2 amide bonds. The van der Waals surface area contributed by atoms with E-state index in [-0.39, 0.29) is 47.2 Å². The van der Waals surface area contributed by atoms with Gasteiger partial charge in [0.25, 0.3) is 11.1 Å². The van der Waals surface area contributed by atoms with Crippen molar-refractivity contribution in [2.24, 2.45) is 0 Å². The lowest BCUT2D eigenvalue weighted by atomic mass is 10.1. The second-order valence-corrected chi connectivity index (χ2v) is 21.1. The van der Waals surface area contributed by atoms with Gasteiger partial charge in [-0.05, 0) is 116 Å². The fourth-order valence-corrected chi connectivity index (χ4v) is 9.08. The molecule has 390 valence electrons. The van der Waals surface area contributed by atoms with Crippen LogP contribution in [0.4, 0.5) is 21.5 Å². The molecule has 2 aromatic carbocycles. The van der Waals surface area contributed by atoms with Crippen molar-refractivity contribution in [1.29, 1.82) is 0 Å². The van der Waals surface area contributed by atoms with Gasteiger partial charge in [0.2, 0.25) is 11.9 Å². The molecule has 8 rings (SSSR count). The number of aromatic carboxylic acids is 1. The molecule has 0 spiro atoms. The molecule has 2 aliphatic heterocycles. The highest BCUT2D eigenvalue weighted by Gasteiger charge is 2.31. The van der Waals surface area contributed by atoms with Crippen molar-refractivity contribution in [2.75, 3.05) is 36.0 Å². The first-order chi connectivity index (χ1) is 34.4. The number of carboxylic acids is 1. The molecule has 0 aliphatic carbocycles. The Morgan fingerprint density at radius 1 is 0.699 bits per heavy atom. The smallest absolute Gasteiger partial charge is 0.407 e. The number of carbonyl (C=O) groups excluding carboxylic acids is 3. The van der Waals surface area contributed by atoms with Gasteiger partial charge in [0.05, 0.1) is 30.2 Å². The third kappa shape index (κ3) is 13.7. The minimum atomic E-state index is -1.24. The molecule has 0 bridgehead atoms. The number of nitrogens with one attached hydrogen (secondary N) is 4. The van der Waals surface area contributed by atoms with Gasteiger partial charge in [0.15, 0.2) is 0 Å². The fourth-order valence-electron chi connectivity index (χ4n) is 8.69. The molecule has 2 fully saturated rings. The summed E-state index contributed by atoms with van der Waals surface area (Å²) >= 11 is 12.9. The van der Waals surface area contributed by atoms with Crippen molar-refractivity contribution in [3.05, 3.63) is 114 Å². The lowest BCUT2D eigenvalue weighted by molar-refractivity contribution is 0.0368. The standard InChI is InChI=1S/C27H34ClN5O5.C24H28ClN5O5/c1-16(2)37-24(35)21-13-20-22(23(34)30-21)33(14-17-9-6-7-11-19(17)28)25(31-20)32-12-8-10-18(15-32)29-26(36)38-27(3,4)5;1-24(2,3)35-23(34)26-15-8-6-10-29(13-15)22-28-17-11-18(21(32)33)27-20(31)19(17)30(22)12-14-7-4-5-9-16(14)25/h6-7,9,11,13,16,18H,8,10,12,14-15H2,1-5H3,(H,29,36)(H,30,34);4-5,7,9,11,15H,6,8,10,12-13H2,1-3H3,(H,26,34)(H,27,31)(H,32,33)/t18-;15-/m11/s1. The van der Waals surface area contributed by atoms with Crippen molar-refractivity contribution >= 4 is 81.3 Å². The van der Waals surface area contributed by atoms with Gasteiger partial charge in [-0.25, -0.2) is 29.1 Å². The Morgan fingerprint density at radius 3 is 1.51 bits per heavy atom. The van der Waals surface area contributed by atoms with Crippen molar-refractivity contribution < 1.29 is 38.5 Å². The first-order valence-corrected chi connectivity index (χ1v) is 24.9. The lowest BCUT2D eigenvalue weighted by Crippen LogP contribution is -2.49. The van der Waals surface area contributed by atoms with Crippen LogP contribution in [0, 0.1) is 0 Å². The van der Waals surface area contributed by atoms with E-state index in [2.05, 4.69) is 25.6 Å². The number of carbonyl (C=O) groups is 4. The Bertz CT molecular complexity index is 3130. The number of imidazole rings is 2. The second kappa shape index (κ2) is 22.4. The summed E-state index contributed by atoms with van der Waals surface area (Å²) in [5.41, 5.74) is 0.416. The number of fused-ring (bicyclic) bond motifs is 2. The third-order valence-electron chi connectivity index (χ3n) is 11.7. The summed E-state index contributed by atoms with van der Waals surface area (Å²) in [6, 6.07) is 17.3. The number of ether oxygens (including phenoxy) is 3. The minimum absolute atomic E-state index is 0.0354. The van der Waals surface area contributed by atoms with Crippen LogP contribution in [0.15, 0.2) is 70.3 Å². The number of halogens is 2.